The van der Waals surface area contributed by atoms with Crippen LogP contribution in [-0.2, 0) is 0 Å². The van der Waals surface area contributed by atoms with Gasteiger partial charge in [-0.1, -0.05) is 200 Å². The highest BCUT2D eigenvalue weighted by Crippen LogP contribution is 2.46. The number of nitrogens with zero attached hydrogens (tertiary/aromatic N) is 2. The highest BCUT2D eigenvalue weighted by Gasteiger charge is 2.22. The summed E-state index contributed by atoms with van der Waals surface area (Å²) in [5.74, 6) is 0. The van der Waals surface area contributed by atoms with Crippen LogP contribution in [0.15, 0.2) is 243 Å². The number of fused-ring (bicyclic) bond motifs is 4. The first-order valence-electron chi connectivity index (χ1n) is 20.6. The molecule has 0 aliphatic rings. The van der Waals surface area contributed by atoms with E-state index >= 15 is 0 Å². The lowest BCUT2D eigenvalue weighted by molar-refractivity contribution is 1.18. The molecule has 0 aliphatic heterocycles. The average molecular weight is 765 g/mol. The second-order valence-electron chi connectivity index (χ2n) is 15.3. The summed E-state index contributed by atoms with van der Waals surface area (Å²) >= 11 is 0. The van der Waals surface area contributed by atoms with Crippen molar-refractivity contribution in [1.29, 1.82) is 0 Å². The molecule has 10 aromatic carbocycles. The molecule has 282 valence electrons. The fraction of sp³-hybridized carbons (Fsp3) is 0. The summed E-state index contributed by atoms with van der Waals surface area (Å²) in [7, 11) is 0. The fourth-order valence-corrected chi connectivity index (χ4v) is 8.96. The van der Waals surface area contributed by atoms with Crippen LogP contribution in [0.25, 0.3) is 82.8 Å². The van der Waals surface area contributed by atoms with E-state index < -0.39 is 0 Å². The molecule has 11 rings (SSSR count). The molecule has 0 saturated heterocycles. The van der Waals surface area contributed by atoms with E-state index in [4.69, 9.17) is 0 Å². The Morgan fingerprint density at radius 2 is 0.817 bits per heavy atom. The Kier molecular flexibility index (Phi) is 8.87. The molecular weight excluding hydrogens is 725 g/mol. The monoisotopic (exact) mass is 764 g/mol. The minimum atomic E-state index is 1.07. The molecule has 0 radical (unpaired) electrons. The lowest BCUT2D eigenvalue weighted by Gasteiger charge is -2.29. The average Bonchev–Trinajstić information content (AvgIpc) is 3.66. The molecule has 0 bridgehead atoms. The number of anilines is 3. The van der Waals surface area contributed by atoms with Gasteiger partial charge in [0.2, 0.25) is 0 Å². The Morgan fingerprint density at radius 1 is 0.283 bits per heavy atom. The van der Waals surface area contributed by atoms with Crippen molar-refractivity contribution >= 4 is 49.6 Å². The maximum Gasteiger partial charge on any atom is 0.0562 e. The first-order valence-corrected chi connectivity index (χ1v) is 20.6. The van der Waals surface area contributed by atoms with Gasteiger partial charge in [0.1, 0.15) is 0 Å². The number of para-hydroxylation sites is 2. The second kappa shape index (κ2) is 15.1. The summed E-state index contributed by atoms with van der Waals surface area (Å²) < 4.78 is 2.47. The van der Waals surface area contributed by atoms with Crippen molar-refractivity contribution < 1.29 is 0 Å². The van der Waals surface area contributed by atoms with Gasteiger partial charge in [0.05, 0.1) is 22.4 Å². The highest BCUT2D eigenvalue weighted by molar-refractivity contribution is 6.11. The second-order valence-corrected chi connectivity index (χ2v) is 15.3. The molecule has 0 atom stereocenters. The summed E-state index contributed by atoms with van der Waals surface area (Å²) in [4.78, 5) is 2.45. The lowest BCUT2D eigenvalue weighted by atomic mass is 9.96. The number of hydrogen-bond acceptors (Lipinski definition) is 1. The van der Waals surface area contributed by atoms with Crippen LogP contribution >= 0.6 is 0 Å². The number of aromatic nitrogens is 1. The summed E-state index contributed by atoms with van der Waals surface area (Å²) in [5, 5.41) is 4.91. The number of hydrogen-bond donors (Lipinski definition) is 0. The van der Waals surface area contributed by atoms with E-state index in [1.54, 1.807) is 0 Å². The molecule has 1 aromatic heterocycles. The van der Waals surface area contributed by atoms with Crippen molar-refractivity contribution in [2.24, 2.45) is 0 Å². The molecule has 0 unspecified atom stereocenters. The molecule has 0 N–H and O–H groups in total. The Labute approximate surface area is 350 Å². The normalized spacial score (nSPS) is 11.3. The zero-order chi connectivity index (χ0) is 39.8. The molecule has 0 fully saturated rings. The van der Waals surface area contributed by atoms with E-state index in [2.05, 4.69) is 252 Å². The van der Waals surface area contributed by atoms with Gasteiger partial charge in [-0.3, -0.25) is 0 Å². The smallest absolute Gasteiger partial charge is 0.0562 e. The van der Waals surface area contributed by atoms with E-state index in [0.717, 1.165) is 45.0 Å². The van der Waals surface area contributed by atoms with Crippen LogP contribution in [0.1, 0.15) is 0 Å². The van der Waals surface area contributed by atoms with Crippen molar-refractivity contribution in [3.05, 3.63) is 243 Å². The Balaban J connectivity index is 1.18. The van der Waals surface area contributed by atoms with Crippen LogP contribution in [0.4, 0.5) is 17.1 Å². The number of benzene rings is 10. The molecular formula is C58H40N2. The minimum absolute atomic E-state index is 1.07. The van der Waals surface area contributed by atoms with Gasteiger partial charge in [0, 0.05) is 33.3 Å². The van der Waals surface area contributed by atoms with Crippen molar-refractivity contribution in [2.75, 3.05) is 4.90 Å². The maximum absolute atomic E-state index is 2.47. The van der Waals surface area contributed by atoms with Crippen LogP contribution in [0.3, 0.4) is 0 Å². The molecule has 60 heavy (non-hydrogen) atoms. The first kappa shape index (κ1) is 35.2. The summed E-state index contributed by atoms with van der Waals surface area (Å²) in [6.45, 7) is 0. The first-order chi connectivity index (χ1) is 29.8. The largest absolute Gasteiger partial charge is 0.310 e. The third kappa shape index (κ3) is 6.23. The Hall–Kier alpha value is -7.94. The highest BCUT2D eigenvalue weighted by atomic mass is 15.1. The zero-order valence-corrected chi connectivity index (χ0v) is 33.0. The van der Waals surface area contributed by atoms with Crippen LogP contribution in [-0.4, -0.2) is 4.57 Å². The van der Waals surface area contributed by atoms with Crippen molar-refractivity contribution in [2.45, 2.75) is 0 Å². The van der Waals surface area contributed by atoms with Crippen LogP contribution in [0.5, 0.6) is 0 Å². The molecule has 0 aliphatic carbocycles. The van der Waals surface area contributed by atoms with Crippen LogP contribution in [0.2, 0.25) is 0 Å². The van der Waals surface area contributed by atoms with Gasteiger partial charge in [-0.2, -0.15) is 0 Å². The molecule has 2 nitrogen and oxygen atoms in total. The predicted octanol–water partition coefficient (Wildman–Crippen LogP) is 16.1. The SMILES string of the molecule is c1ccc(-c2ccc(N(c3ccc4c5ccccc5n(-c5ccccc5-c5cccc6ccccc56)c4c3)c3cc(-c4ccccc4)ccc3-c3ccccc3)cc2)cc1. The fourth-order valence-electron chi connectivity index (χ4n) is 8.96. The maximum atomic E-state index is 2.47. The molecule has 2 heteroatoms. The Bertz CT molecular complexity index is 3290. The minimum Gasteiger partial charge on any atom is -0.310 e. The van der Waals surface area contributed by atoms with Gasteiger partial charge in [0.25, 0.3) is 0 Å². The molecule has 11 aromatic rings. The third-order valence-electron chi connectivity index (χ3n) is 11.8. The van der Waals surface area contributed by atoms with Gasteiger partial charge in [0.15, 0.2) is 0 Å². The third-order valence-corrected chi connectivity index (χ3v) is 11.8. The topological polar surface area (TPSA) is 8.17 Å². The lowest BCUT2D eigenvalue weighted by Crippen LogP contribution is -2.12. The summed E-state index contributed by atoms with van der Waals surface area (Å²) in [5.41, 5.74) is 16.2. The molecule has 0 amide bonds. The molecule has 0 saturated carbocycles. The number of rotatable bonds is 8. The van der Waals surface area contributed by atoms with Crippen molar-refractivity contribution in [3.63, 3.8) is 0 Å². The summed E-state index contributed by atoms with van der Waals surface area (Å²) in [6.07, 6.45) is 0. The quantitative estimate of drug-likeness (QED) is 0.150. The predicted molar refractivity (Wildman–Crippen MR) is 255 cm³/mol. The van der Waals surface area contributed by atoms with Crippen molar-refractivity contribution in [3.8, 4) is 50.2 Å². The van der Waals surface area contributed by atoms with E-state index in [1.165, 1.54) is 54.9 Å². The van der Waals surface area contributed by atoms with Gasteiger partial charge < -0.3 is 9.47 Å². The zero-order valence-electron chi connectivity index (χ0n) is 33.0. The van der Waals surface area contributed by atoms with Gasteiger partial charge in [-0.25, -0.2) is 0 Å². The van der Waals surface area contributed by atoms with Crippen LogP contribution in [0, 0.1) is 0 Å². The standard InChI is InChI=1S/C58H40N2/c1-4-17-41(18-5-1)43-31-34-47(35-32-43)59(57-39-46(42-19-6-2-7-20-42)33-37-50(57)45-21-8-3-9-22-45)48-36-38-54-53-27-13-15-30-56(53)60(58(54)40-48)55-29-14-12-26-52(55)51-28-16-24-44-23-10-11-25-49(44)51/h1-40H. The van der Waals surface area contributed by atoms with Gasteiger partial charge in [-0.05, 0) is 86.6 Å². The van der Waals surface area contributed by atoms with E-state index in [1.807, 2.05) is 0 Å². The van der Waals surface area contributed by atoms with E-state index in [0.29, 0.717) is 0 Å². The van der Waals surface area contributed by atoms with E-state index in [9.17, 15) is 0 Å². The van der Waals surface area contributed by atoms with E-state index in [-0.39, 0.29) is 0 Å². The van der Waals surface area contributed by atoms with Crippen LogP contribution < -0.4 is 4.90 Å². The molecule has 0 spiro atoms. The molecule has 1 heterocycles. The van der Waals surface area contributed by atoms with Gasteiger partial charge in [-0.15, -0.1) is 0 Å². The Morgan fingerprint density at radius 3 is 1.58 bits per heavy atom. The van der Waals surface area contributed by atoms with Crippen molar-refractivity contribution in [1.82, 2.24) is 4.57 Å². The van der Waals surface area contributed by atoms with Gasteiger partial charge >= 0.3 is 0 Å². The summed E-state index contributed by atoms with van der Waals surface area (Å²) in [6, 6.07) is 88.0.